The predicted molar refractivity (Wildman–Crippen MR) is 85.0 cm³/mol. The molecular formula is C14H10BrCl2NO2. The van der Waals surface area contributed by atoms with Crippen LogP contribution in [0.3, 0.4) is 0 Å². The van der Waals surface area contributed by atoms with Crippen molar-refractivity contribution in [2.75, 3.05) is 12.8 Å². The van der Waals surface area contributed by atoms with Crippen LogP contribution < -0.4 is 10.5 Å². The Hall–Kier alpha value is -1.23. The monoisotopic (exact) mass is 373 g/mol. The molecule has 2 aromatic rings. The van der Waals surface area contributed by atoms with Gasteiger partial charge in [-0.3, -0.25) is 4.79 Å². The average Bonchev–Trinajstić information content (AvgIpc) is 2.42. The Morgan fingerprint density at radius 1 is 1.20 bits per heavy atom. The smallest absolute Gasteiger partial charge is 0.198 e. The van der Waals surface area contributed by atoms with Crippen LogP contribution in [-0.2, 0) is 0 Å². The number of nitrogens with two attached hydrogens (primary N) is 1. The van der Waals surface area contributed by atoms with Crippen molar-refractivity contribution in [1.82, 2.24) is 0 Å². The van der Waals surface area contributed by atoms with Gasteiger partial charge in [0.1, 0.15) is 5.75 Å². The van der Waals surface area contributed by atoms with Crippen LogP contribution in [0, 0.1) is 0 Å². The molecule has 6 heteroatoms. The first-order valence-electron chi connectivity index (χ1n) is 5.56. The standard InChI is InChI=1S/C14H10BrCl2NO2/c1-20-12-3-2-7(15)4-9(12)14(19)10-5-8(18)6-11(16)13(10)17/h2-6H,18H2,1H3. The molecule has 0 radical (unpaired) electrons. The second kappa shape index (κ2) is 6.04. The molecule has 0 aliphatic carbocycles. The molecule has 0 unspecified atom stereocenters. The number of rotatable bonds is 3. The SMILES string of the molecule is COc1ccc(Br)cc1C(=O)c1cc(N)cc(Cl)c1Cl. The molecule has 0 heterocycles. The summed E-state index contributed by atoms with van der Waals surface area (Å²) in [6.45, 7) is 0. The van der Waals surface area contributed by atoms with Crippen molar-refractivity contribution in [3.05, 3.63) is 56.0 Å². The molecule has 0 bridgehead atoms. The van der Waals surface area contributed by atoms with E-state index in [-0.39, 0.29) is 21.4 Å². The summed E-state index contributed by atoms with van der Waals surface area (Å²) in [6.07, 6.45) is 0. The minimum absolute atomic E-state index is 0.174. The Morgan fingerprint density at radius 2 is 1.90 bits per heavy atom. The second-order valence-corrected chi connectivity index (χ2v) is 5.74. The van der Waals surface area contributed by atoms with Gasteiger partial charge < -0.3 is 10.5 Å². The lowest BCUT2D eigenvalue weighted by Gasteiger charge is -2.10. The zero-order valence-electron chi connectivity index (χ0n) is 10.4. The molecule has 0 spiro atoms. The molecular weight excluding hydrogens is 365 g/mol. The van der Waals surface area contributed by atoms with E-state index in [0.29, 0.717) is 17.0 Å². The van der Waals surface area contributed by atoms with Crippen molar-refractivity contribution in [2.45, 2.75) is 0 Å². The number of ether oxygens (including phenoxy) is 1. The first-order valence-corrected chi connectivity index (χ1v) is 7.11. The molecule has 0 fully saturated rings. The van der Waals surface area contributed by atoms with Crippen LogP contribution in [-0.4, -0.2) is 12.9 Å². The molecule has 0 saturated carbocycles. The van der Waals surface area contributed by atoms with Crippen LogP contribution in [0.25, 0.3) is 0 Å². The van der Waals surface area contributed by atoms with Gasteiger partial charge in [0.25, 0.3) is 0 Å². The van der Waals surface area contributed by atoms with Crippen LogP contribution in [0.1, 0.15) is 15.9 Å². The van der Waals surface area contributed by atoms with Gasteiger partial charge in [-0.2, -0.15) is 0 Å². The van der Waals surface area contributed by atoms with E-state index < -0.39 is 0 Å². The third kappa shape index (κ3) is 2.92. The first kappa shape index (κ1) is 15.2. The van der Waals surface area contributed by atoms with Gasteiger partial charge >= 0.3 is 0 Å². The highest BCUT2D eigenvalue weighted by molar-refractivity contribution is 9.10. The fourth-order valence-electron chi connectivity index (χ4n) is 1.78. The summed E-state index contributed by atoms with van der Waals surface area (Å²) in [5.74, 6) is 0.148. The fourth-order valence-corrected chi connectivity index (χ4v) is 2.56. The van der Waals surface area contributed by atoms with Gasteiger partial charge in [0.05, 0.1) is 22.7 Å². The van der Waals surface area contributed by atoms with Crippen molar-refractivity contribution in [3.8, 4) is 5.75 Å². The number of methoxy groups -OCH3 is 1. The molecule has 0 saturated heterocycles. The van der Waals surface area contributed by atoms with Crippen LogP contribution >= 0.6 is 39.1 Å². The van der Waals surface area contributed by atoms with Gasteiger partial charge in [-0.25, -0.2) is 0 Å². The number of hydrogen-bond acceptors (Lipinski definition) is 3. The molecule has 3 nitrogen and oxygen atoms in total. The Bertz CT molecular complexity index is 689. The molecule has 0 aliphatic heterocycles. The largest absolute Gasteiger partial charge is 0.496 e. The lowest BCUT2D eigenvalue weighted by atomic mass is 10.0. The summed E-state index contributed by atoms with van der Waals surface area (Å²) in [5.41, 5.74) is 6.70. The second-order valence-electron chi connectivity index (χ2n) is 4.04. The maximum atomic E-state index is 12.6. The fraction of sp³-hybridized carbons (Fsp3) is 0.0714. The lowest BCUT2D eigenvalue weighted by Crippen LogP contribution is -2.06. The summed E-state index contributed by atoms with van der Waals surface area (Å²) < 4.78 is 5.95. The molecule has 0 atom stereocenters. The van der Waals surface area contributed by atoms with Crippen molar-refractivity contribution < 1.29 is 9.53 Å². The number of halogens is 3. The van der Waals surface area contributed by atoms with E-state index in [0.717, 1.165) is 4.47 Å². The molecule has 2 N–H and O–H groups in total. The Balaban J connectivity index is 2.60. The topological polar surface area (TPSA) is 52.3 Å². The molecule has 2 aromatic carbocycles. The van der Waals surface area contributed by atoms with Crippen molar-refractivity contribution in [1.29, 1.82) is 0 Å². The third-order valence-electron chi connectivity index (χ3n) is 2.70. The molecule has 2 rings (SSSR count). The quantitative estimate of drug-likeness (QED) is 0.632. The van der Waals surface area contributed by atoms with Gasteiger partial charge in [-0.05, 0) is 30.3 Å². The van der Waals surface area contributed by atoms with Gasteiger partial charge in [0.15, 0.2) is 5.78 Å². The van der Waals surface area contributed by atoms with E-state index in [1.807, 2.05) is 0 Å². The first-order chi connectivity index (χ1) is 9.43. The number of carbonyl (C=O) groups excluding carboxylic acids is 1. The van der Waals surface area contributed by atoms with Gasteiger partial charge in [0.2, 0.25) is 0 Å². The van der Waals surface area contributed by atoms with E-state index in [4.69, 9.17) is 33.7 Å². The Morgan fingerprint density at radius 3 is 2.55 bits per heavy atom. The normalized spacial score (nSPS) is 10.4. The minimum atomic E-state index is -0.303. The third-order valence-corrected chi connectivity index (χ3v) is 4.00. The highest BCUT2D eigenvalue weighted by atomic mass is 79.9. The number of benzene rings is 2. The maximum Gasteiger partial charge on any atom is 0.198 e. The molecule has 20 heavy (non-hydrogen) atoms. The van der Waals surface area contributed by atoms with Crippen molar-refractivity contribution >= 4 is 50.6 Å². The summed E-state index contributed by atoms with van der Waals surface area (Å²) in [4.78, 5) is 12.6. The summed E-state index contributed by atoms with van der Waals surface area (Å²) >= 11 is 15.4. The highest BCUT2D eigenvalue weighted by Gasteiger charge is 2.19. The zero-order chi connectivity index (χ0) is 14.9. The highest BCUT2D eigenvalue weighted by Crippen LogP contribution is 2.33. The van der Waals surface area contributed by atoms with E-state index in [2.05, 4.69) is 15.9 Å². The number of carbonyl (C=O) groups is 1. The van der Waals surface area contributed by atoms with Crippen LogP contribution in [0.4, 0.5) is 5.69 Å². The molecule has 0 aliphatic rings. The van der Waals surface area contributed by atoms with E-state index in [1.165, 1.54) is 19.2 Å². The molecule has 0 aromatic heterocycles. The van der Waals surface area contributed by atoms with E-state index in [1.54, 1.807) is 18.2 Å². The number of nitrogen functional groups attached to an aromatic ring is 1. The Labute approximate surface area is 134 Å². The van der Waals surface area contributed by atoms with Gasteiger partial charge in [-0.1, -0.05) is 39.1 Å². The number of ketones is 1. The number of hydrogen-bond donors (Lipinski definition) is 1. The van der Waals surface area contributed by atoms with E-state index in [9.17, 15) is 4.79 Å². The van der Waals surface area contributed by atoms with Crippen molar-refractivity contribution in [3.63, 3.8) is 0 Å². The van der Waals surface area contributed by atoms with Gasteiger partial charge in [0, 0.05) is 15.7 Å². The molecule has 104 valence electrons. The Kier molecular flexibility index (Phi) is 4.58. The lowest BCUT2D eigenvalue weighted by molar-refractivity contribution is 0.103. The summed E-state index contributed by atoms with van der Waals surface area (Å²) in [6, 6.07) is 8.13. The maximum absolute atomic E-state index is 12.6. The van der Waals surface area contributed by atoms with Crippen LogP contribution in [0.2, 0.25) is 10.0 Å². The van der Waals surface area contributed by atoms with Crippen LogP contribution in [0.5, 0.6) is 5.75 Å². The zero-order valence-corrected chi connectivity index (χ0v) is 13.5. The van der Waals surface area contributed by atoms with Gasteiger partial charge in [-0.15, -0.1) is 0 Å². The van der Waals surface area contributed by atoms with Crippen LogP contribution in [0.15, 0.2) is 34.8 Å². The number of anilines is 1. The predicted octanol–water partition coefficient (Wildman–Crippen LogP) is 4.58. The molecule has 0 amide bonds. The van der Waals surface area contributed by atoms with E-state index >= 15 is 0 Å². The average molecular weight is 375 g/mol. The summed E-state index contributed by atoms with van der Waals surface area (Å²) in [7, 11) is 1.49. The summed E-state index contributed by atoms with van der Waals surface area (Å²) in [5, 5.41) is 0.414. The minimum Gasteiger partial charge on any atom is -0.496 e. The van der Waals surface area contributed by atoms with Crippen molar-refractivity contribution in [2.24, 2.45) is 0 Å².